The van der Waals surface area contributed by atoms with Crippen molar-refractivity contribution in [2.45, 2.75) is 19.4 Å². The van der Waals surface area contributed by atoms with Crippen LogP contribution in [-0.4, -0.2) is 25.4 Å². The van der Waals surface area contributed by atoms with Gasteiger partial charge in [0.15, 0.2) is 0 Å². The summed E-state index contributed by atoms with van der Waals surface area (Å²) in [6, 6.07) is 1.95. The molecule has 1 atom stereocenters. The standard InChI is InChI=1S/C12H17NO3/c1-7-5-10-8(3-4-16-10)11(9(14)6-13)12(7)15-2/h5,9,14H,3-4,6,13H2,1-2H3. The molecule has 0 spiro atoms. The van der Waals surface area contributed by atoms with E-state index in [1.807, 2.05) is 13.0 Å². The Hall–Kier alpha value is -1.26. The first-order valence-electron chi connectivity index (χ1n) is 5.40. The molecule has 0 bridgehead atoms. The van der Waals surface area contributed by atoms with Crippen molar-refractivity contribution < 1.29 is 14.6 Å². The highest BCUT2D eigenvalue weighted by Crippen LogP contribution is 2.40. The first-order chi connectivity index (χ1) is 7.69. The van der Waals surface area contributed by atoms with Gasteiger partial charge in [0.2, 0.25) is 0 Å². The van der Waals surface area contributed by atoms with E-state index in [4.69, 9.17) is 15.2 Å². The van der Waals surface area contributed by atoms with Gasteiger partial charge >= 0.3 is 0 Å². The van der Waals surface area contributed by atoms with Gasteiger partial charge in [-0.25, -0.2) is 0 Å². The molecule has 0 saturated heterocycles. The summed E-state index contributed by atoms with van der Waals surface area (Å²) in [7, 11) is 1.61. The third kappa shape index (κ3) is 1.64. The van der Waals surface area contributed by atoms with E-state index in [2.05, 4.69) is 0 Å². The molecule has 0 saturated carbocycles. The molecule has 88 valence electrons. The molecule has 2 rings (SSSR count). The van der Waals surface area contributed by atoms with Crippen molar-refractivity contribution in [1.82, 2.24) is 0 Å². The summed E-state index contributed by atoms with van der Waals surface area (Å²) in [6.45, 7) is 2.78. The lowest BCUT2D eigenvalue weighted by Gasteiger charge is -2.18. The molecular weight excluding hydrogens is 206 g/mol. The maximum atomic E-state index is 9.97. The second-order valence-corrected chi connectivity index (χ2v) is 3.97. The van der Waals surface area contributed by atoms with Crippen LogP contribution in [0.25, 0.3) is 0 Å². The van der Waals surface area contributed by atoms with Crippen LogP contribution in [0.2, 0.25) is 0 Å². The Labute approximate surface area is 95.0 Å². The Balaban J connectivity index is 2.61. The van der Waals surface area contributed by atoms with Crippen LogP contribution < -0.4 is 15.2 Å². The second kappa shape index (κ2) is 4.31. The van der Waals surface area contributed by atoms with Crippen LogP contribution in [0, 0.1) is 6.92 Å². The zero-order valence-corrected chi connectivity index (χ0v) is 9.62. The Bertz CT molecular complexity index is 400. The van der Waals surface area contributed by atoms with E-state index in [0.717, 1.165) is 34.6 Å². The fourth-order valence-electron chi connectivity index (χ4n) is 2.22. The van der Waals surface area contributed by atoms with Gasteiger partial charge < -0.3 is 20.3 Å². The van der Waals surface area contributed by atoms with E-state index in [9.17, 15) is 5.11 Å². The van der Waals surface area contributed by atoms with Gasteiger partial charge in [0.05, 0.1) is 19.8 Å². The maximum Gasteiger partial charge on any atom is 0.128 e. The summed E-state index contributed by atoms with van der Waals surface area (Å²) in [4.78, 5) is 0. The van der Waals surface area contributed by atoms with Crippen molar-refractivity contribution >= 4 is 0 Å². The molecule has 0 fully saturated rings. The van der Waals surface area contributed by atoms with E-state index >= 15 is 0 Å². The number of aliphatic hydroxyl groups is 1. The highest BCUT2D eigenvalue weighted by Gasteiger charge is 2.25. The summed E-state index contributed by atoms with van der Waals surface area (Å²) in [5, 5.41) is 9.97. The lowest BCUT2D eigenvalue weighted by Crippen LogP contribution is -2.15. The molecule has 4 heteroatoms. The molecule has 0 amide bonds. The van der Waals surface area contributed by atoms with Gasteiger partial charge in [-0.1, -0.05) is 0 Å². The van der Waals surface area contributed by atoms with Gasteiger partial charge in [-0.05, 0) is 18.6 Å². The number of methoxy groups -OCH3 is 1. The van der Waals surface area contributed by atoms with Gasteiger partial charge in [0.25, 0.3) is 0 Å². The molecule has 1 aromatic rings. The van der Waals surface area contributed by atoms with Crippen molar-refractivity contribution in [2.75, 3.05) is 20.3 Å². The molecule has 0 aliphatic carbocycles. The second-order valence-electron chi connectivity index (χ2n) is 3.97. The predicted molar refractivity (Wildman–Crippen MR) is 60.9 cm³/mol. The Kier molecular flexibility index (Phi) is 3.03. The van der Waals surface area contributed by atoms with Crippen LogP contribution in [0.15, 0.2) is 6.07 Å². The third-order valence-electron chi connectivity index (χ3n) is 2.94. The molecule has 16 heavy (non-hydrogen) atoms. The molecule has 4 nitrogen and oxygen atoms in total. The maximum absolute atomic E-state index is 9.97. The Morgan fingerprint density at radius 3 is 3.00 bits per heavy atom. The van der Waals surface area contributed by atoms with Crippen LogP contribution in [0.1, 0.15) is 22.8 Å². The summed E-state index contributed by atoms with van der Waals surface area (Å²) in [5.74, 6) is 1.57. The molecular formula is C12H17NO3. The molecule has 1 aliphatic heterocycles. The summed E-state index contributed by atoms with van der Waals surface area (Å²) in [6.07, 6.45) is 0.114. The third-order valence-corrected chi connectivity index (χ3v) is 2.94. The number of fused-ring (bicyclic) bond motifs is 1. The van der Waals surface area contributed by atoms with Gasteiger partial charge in [-0.2, -0.15) is 0 Å². The Morgan fingerprint density at radius 2 is 2.38 bits per heavy atom. The molecule has 1 unspecified atom stereocenters. The summed E-state index contributed by atoms with van der Waals surface area (Å²) < 4.78 is 10.9. The van der Waals surface area contributed by atoms with Gasteiger partial charge in [-0.3, -0.25) is 0 Å². The smallest absolute Gasteiger partial charge is 0.128 e. The largest absolute Gasteiger partial charge is 0.496 e. The minimum absolute atomic E-state index is 0.187. The van der Waals surface area contributed by atoms with Crippen molar-refractivity contribution in [3.63, 3.8) is 0 Å². The van der Waals surface area contributed by atoms with Gasteiger partial charge in [0, 0.05) is 24.1 Å². The van der Waals surface area contributed by atoms with E-state index in [-0.39, 0.29) is 6.54 Å². The topological polar surface area (TPSA) is 64.7 Å². The first-order valence-corrected chi connectivity index (χ1v) is 5.40. The monoisotopic (exact) mass is 223 g/mol. The van der Waals surface area contributed by atoms with Gasteiger partial charge in [-0.15, -0.1) is 0 Å². The van der Waals surface area contributed by atoms with E-state index in [0.29, 0.717) is 6.61 Å². The number of benzene rings is 1. The zero-order valence-electron chi connectivity index (χ0n) is 9.62. The van der Waals surface area contributed by atoms with Gasteiger partial charge in [0.1, 0.15) is 11.5 Å². The quantitative estimate of drug-likeness (QED) is 0.800. The average molecular weight is 223 g/mol. The molecule has 1 heterocycles. The first kappa shape index (κ1) is 11.2. The fraction of sp³-hybridized carbons (Fsp3) is 0.500. The van der Waals surface area contributed by atoms with E-state index < -0.39 is 6.10 Å². The van der Waals surface area contributed by atoms with E-state index in [1.165, 1.54) is 0 Å². The number of ether oxygens (including phenoxy) is 2. The summed E-state index contributed by atoms with van der Waals surface area (Å²) >= 11 is 0. The van der Waals surface area contributed by atoms with Crippen molar-refractivity contribution in [1.29, 1.82) is 0 Å². The molecule has 0 aromatic heterocycles. The van der Waals surface area contributed by atoms with Crippen molar-refractivity contribution in [3.8, 4) is 11.5 Å². The number of aliphatic hydroxyl groups excluding tert-OH is 1. The Morgan fingerprint density at radius 1 is 1.62 bits per heavy atom. The van der Waals surface area contributed by atoms with Crippen molar-refractivity contribution in [3.05, 3.63) is 22.8 Å². The van der Waals surface area contributed by atoms with Crippen molar-refractivity contribution in [2.24, 2.45) is 5.73 Å². The SMILES string of the molecule is COc1c(C)cc2c(c1C(O)CN)CCO2. The number of aryl methyl sites for hydroxylation is 1. The highest BCUT2D eigenvalue weighted by molar-refractivity contribution is 5.55. The lowest BCUT2D eigenvalue weighted by molar-refractivity contribution is 0.181. The highest BCUT2D eigenvalue weighted by atomic mass is 16.5. The molecule has 3 N–H and O–H groups in total. The number of hydrogen-bond acceptors (Lipinski definition) is 4. The fourth-order valence-corrected chi connectivity index (χ4v) is 2.22. The predicted octanol–water partition coefficient (Wildman–Crippen LogP) is 0.931. The minimum Gasteiger partial charge on any atom is -0.496 e. The molecule has 1 aliphatic rings. The van der Waals surface area contributed by atoms with E-state index in [1.54, 1.807) is 7.11 Å². The number of rotatable bonds is 3. The van der Waals surface area contributed by atoms with Crippen LogP contribution in [-0.2, 0) is 6.42 Å². The van der Waals surface area contributed by atoms with Crippen LogP contribution in [0.3, 0.4) is 0 Å². The number of nitrogens with two attached hydrogens (primary N) is 1. The molecule has 1 aromatic carbocycles. The average Bonchev–Trinajstić information content (AvgIpc) is 2.73. The molecule has 0 radical (unpaired) electrons. The minimum atomic E-state index is -0.690. The normalized spacial score (nSPS) is 15.5. The zero-order chi connectivity index (χ0) is 11.7. The van der Waals surface area contributed by atoms with Crippen LogP contribution in [0.4, 0.5) is 0 Å². The van der Waals surface area contributed by atoms with Crippen LogP contribution >= 0.6 is 0 Å². The summed E-state index contributed by atoms with van der Waals surface area (Å²) in [5.41, 5.74) is 8.31. The lowest BCUT2D eigenvalue weighted by atomic mass is 9.96. The van der Waals surface area contributed by atoms with Crippen LogP contribution in [0.5, 0.6) is 11.5 Å². The number of hydrogen-bond donors (Lipinski definition) is 2.